The summed E-state index contributed by atoms with van der Waals surface area (Å²) in [5, 5.41) is 1.25. The first kappa shape index (κ1) is 10.9. The van der Waals surface area contributed by atoms with Gasteiger partial charge in [0.2, 0.25) is 0 Å². The fourth-order valence-electron chi connectivity index (χ4n) is 2.17. The summed E-state index contributed by atoms with van der Waals surface area (Å²) in [4.78, 5) is 5.55. The largest absolute Gasteiger partial charge is 0.378 e. The highest BCUT2D eigenvalue weighted by molar-refractivity contribution is 5.85. The van der Waals surface area contributed by atoms with Crippen LogP contribution in [0.2, 0.25) is 0 Å². The third-order valence-corrected chi connectivity index (χ3v) is 3.22. The van der Waals surface area contributed by atoms with Crippen molar-refractivity contribution in [2.75, 3.05) is 19.0 Å². The summed E-state index contributed by atoms with van der Waals surface area (Å²) in [6.07, 6.45) is 0. The molecule has 3 aromatic rings. The van der Waals surface area contributed by atoms with Gasteiger partial charge in [0.25, 0.3) is 0 Å². The lowest BCUT2D eigenvalue weighted by molar-refractivity contribution is 1.13. The van der Waals surface area contributed by atoms with Crippen molar-refractivity contribution in [3.63, 3.8) is 0 Å². The number of anilines is 1. The molecule has 18 heavy (non-hydrogen) atoms. The number of aromatic nitrogens is 1. The Morgan fingerprint density at radius 1 is 0.889 bits per heavy atom. The summed E-state index contributed by atoms with van der Waals surface area (Å²) in [5.41, 5.74) is 4.79. The van der Waals surface area contributed by atoms with Crippen LogP contribution in [-0.2, 0) is 0 Å². The maximum Gasteiger partial charge on any atom is 0.0464 e. The van der Waals surface area contributed by atoms with Crippen LogP contribution in [-0.4, -0.2) is 19.1 Å². The lowest BCUT2D eigenvalue weighted by Crippen LogP contribution is -2.07. The number of H-pyrrole nitrogens is 1. The number of hydrogen-bond donors (Lipinski definition) is 1. The number of nitrogens with one attached hydrogen (secondary N) is 1. The average Bonchev–Trinajstić information content (AvgIpc) is 2.82. The van der Waals surface area contributed by atoms with Crippen molar-refractivity contribution in [2.24, 2.45) is 0 Å². The average molecular weight is 236 g/mol. The van der Waals surface area contributed by atoms with Gasteiger partial charge in [-0.25, -0.2) is 0 Å². The van der Waals surface area contributed by atoms with E-state index in [0.29, 0.717) is 0 Å². The van der Waals surface area contributed by atoms with E-state index < -0.39 is 0 Å². The molecule has 1 N–H and O–H groups in total. The molecule has 0 unspecified atom stereocenters. The van der Waals surface area contributed by atoms with E-state index in [1.807, 2.05) is 0 Å². The summed E-state index contributed by atoms with van der Waals surface area (Å²) in [6, 6.07) is 19.1. The highest BCUT2D eigenvalue weighted by atomic mass is 15.1. The fraction of sp³-hybridized carbons (Fsp3) is 0.125. The Balaban J connectivity index is 2.03. The molecule has 0 radical (unpaired) electrons. The van der Waals surface area contributed by atoms with Crippen molar-refractivity contribution in [2.45, 2.75) is 0 Å². The molecule has 0 amide bonds. The molecule has 0 aliphatic rings. The second kappa shape index (κ2) is 4.22. The van der Waals surface area contributed by atoms with Crippen LogP contribution in [0.15, 0.2) is 54.6 Å². The van der Waals surface area contributed by atoms with Gasteiger partial charge in [-0.05, 0) is 29.8 Å². The zero-order valence-corrected chi connectivity index (χ0v) is 10.6. The van der Waals surface area contributed by atoms with Gasteiger partial charge in [-0.3, -0.25) is 0 Å². The fourth-order valence-corrected chi connectivity index (χ4v) is 2.17. The van der Waals surface area contributed by atoms with Crippen molar-refractivity contribution in [3.8, 4) is 11.3 Å². The van der Waals surface area contributed by atoms with Crippen molar-refractivity contribution >= 4 is 16.6 Å². The lowest BCUT2D eigenvalue weighted by atomic mass is 10.1. The quantitative estimate of drug-likeness (QED) is 0.715. The predicted molar refractivity (Wildman–Crippen MR) is 78.1 cm³/mol. The molecule has 90 valence electrons. The maximum absolute atomic E-state index is 3.45. The molecular formula is C16H16N2. The first-order chi connectivity index (χ1) is 8.74. The standard InChI is InChI=1S/C16H16N2/c1-18(2)14-9-7-12(8-10-14)16-11-13-5-3-4-6-15(13)17-16/h3-11,17H,1-2H3. The van der Waals surface area contributed by atoms with Gasteiger partial charge in [0.15, 0.2) is 0 Å². The lowest BCUT2D eigenvalue weighted by Gasteiger charge is -2.12. The van der Waals surface area contributed by atoms with Gasteiger partial charge in [-0.2, -0.15) is 0 Å². The van der Waals surface area contributed by atoms with Gasteiger partial charge in [-0.1, -0.05) is 30.3 Å². The third-order valence-electron chi connectivity index (χ3n) is 3.22. The van der Waals surface area contributed by atoms with Crippen LogP contribution in [0.3, 0.4) is 0 Å². The van der Waals surface area contributed by atoms with Gasteiger partial charge < -0.3 is 9.88 Å². The molecule has 0 saturated carbocycles. The van der Waals surface area contributed by atoms with E-state index in [2.05, 4.69) is 78.6 Å². The number of rotatable bonds is 2. The zero-order chi connectivity index (χ0) is 12.5. The minimum Gasteiger partial charge on any atom is -0.378 e. The molecule has 0 aliphatic carbocycles. The van der Waals surface area contributed by atoms with E-state index in [1.165, 1.54) is 27.8 Å². The summed E-state index contributed by atoms with van der Waals surface area (Å²) >= 11 is 0. The SMILES string of the molecule is CN(C)c1ccc(-c2cc3ccccc3[nH]2)cc1. The normalized spacial score (nSPS) is 10.8. The molecule has 2 heteroatoms. The highest BCUT2D eigenvalue weighted by Gasteiger charge is 2.03. The minimum atomic E-state index is 1.17. The smallest absolute Gasteiger partial charge is 0.0464 e. The van der Waals surface area contributed by atoms with Crippen LogP contribution < -0.4 is 4.90 Å². The highest BCUT2D eigenvalue weighted by Crippen LogP contribution is 2.25. The van der Waals surface area contributed by atoms with Crippen LogP contribution in [0.5, 0.6) is 0 Å². The van der Waals surface area contributed by atoms with Crippen LogP contribution in [0.4, 0.5) is 5.69 Å². The Hall–Kier alpha value is -2.22. The van der Waals surface area contributed by atoms with Gasteiger partial charge in [0.1, 0.15) is 0 Å². The molecule has 0 fully saturated rings. The monoisotopic (exact) mass is 236 g/mol. The summed E-state index contributed by atoms with van der Waals surface area (Å²) < 4.78 is 0. The summed E-state index contributed by atoms with van der Waals surface area (Å²) in [5.74, 6) is 0. The molecular weight excluding hydrogens is 220 g/mol. The van der Waals surface area contributed by atoms with Gasteiger partial charge >= 0.3 is 0 Å². The van der Waals surface area contributed by atoms with E-state index in [-0.39, 0.29) is 0 Å². The van der Waals surface area contributed by atoms with Gasteiger partial charge in [0, 0.05) is 36.4 Å². The maximum atomic E-state index is 3.45. The van der Waals surface area contributed by atoms with Gasteiger partial charge in [-0.15, -0.1) is 0 Å². The molecule has 2 nitrogen and oxygen atoms in total. The molecule has 0 saturated heterocycles. The first-order valence-corrected chi connectivity index (χ1v) is 6.09. The topological polar surface area (TPSA) is 19.0 Å². The van der Waals surface area contributed by atoms with Gasteiger partial charge in [0.05, 0.1) is 0 Å². The molecule has 0 spiro atoms. The number of fused-ring (bicyclic) bond motifs is 1. The van der Waals surface area contributed by atoms with Crippen LogP contribution in [0.1, 0.15) is 0 Å². The number of benzene rings is 2. The first-order valence-electron chi connectivity index (χ1n) is 6.09. The second-order valence-electron chi connectivity index (χ2n) is 4.71. The predicted octanol–water partition coefficient (Wildman–Crippen LogP) is 3.90. The van der Waals surface area contributed by atoms with E-state index >= 15 is 0 Å². The zero-order valence-electron chi connectivity index (χ0n) is 10.6. The minimum absolute atomic E-state index is 1.17. The van der Waals surface area contributed by atoms with E-state index in [4.69, 9.17) is 0 Å². The van der Waals surface area contributed by atoms with Crippen molar-refractivity contribution in [3.05, 3.63) is 54.6 Å². The number of nitrogens with zero attached hydrogens (tertiary/aromatic N) is 1. The van der Waals surface area contributed by atoms with E-state index in [9.17, 15) is 0 Å². The Kier molecular flexibility index (Phi) is 2.56. The summed E-state index contributed by atoms with van der Waals surface area (Å²) in [7, 11) is 4.11. The van der Waals surface area contributed by atoms with E-state index in [0.717, 1.165) is 0 Å². The number of hydrogen-bond acceptors (Lipinski definition) is 1. The molecule has 0 aliphatic heterocycles. The Bertz CT molecular complexity index is 630. The second-order valence-corrected chi connectivity index (χ2v) is 4.71. The van der Waals surface area contributed by atoms with Crippen molar-refractivity contribution in [1.82, 2.24) is 4.98 Å². The molecule has 0 bridgehead atoms. The van der Waals surface area contributed by atoms with Crippen molar-refractivity contribution < 1.29 is 0 Å². The Labute approximate surface area is 107 Å². The Morgan fingerprint density at radius 3 is 2.28 bits per heavy atom. The molecule has 2 aromatic carbocycles. The number of aromatic amines is 1. The molecule has 1 aromatic heterocycles. The number of para-hydroxylation sites is 1. The third kappa shape index (κ3) is 1.86. The van der Waals surface area contributed by atoms with Crippen LogP contribution >= 0.6 is 0 Å². The van der Waals surface area contributed by atoms with E-state index in [1.54, 1.807) is 0 Å². The van der Waals surface area contributed by atoms with Crippen LogP contribution in [0, 0.1) is 0 Å². The van der Waals surface area contributed by atoms with Crippen LogP contribution in [0.25, 0.3) is 22.2 Å². The molecule has 0 atom stereocenters. The summed E-state index contributed by atoms with van der Waals surface area (Å²) in [6.45, 7) is 0. The molecule has 1 heterocycles. The van der Waals surface area contributed by atoms with Crippen molar-refractivity contribution in [1.29, 1.82) is 0 Å². The molecule has 3 rings (SSSR count). The Morgan fingerprint density at radius 2 is 1.61 bits per heavy atom.